The minimum absolute atomic E-state index is 0.561. The summed E-state index contributed by atoms with van der Waals surface area (Å²) in [5, 5.41) is 4.73. The van der Waals surface area contributed by atoms with Crippen molar-refractivity contribution in [2.75, 3.05) is 12.8 Å². The van der Waals surface area contributed by atoms with Crippen molar-refractivity contribution < 1.29 is 0 Å². The molecule has 1 aliphatic rings. The van der Waals surface area contributed by atoms with Gasteiger partial charge in [0.25, 0.3) is 0 Å². The lowest BCUT2D eigenvalue weighted by atomic mass is 9.98. The van der Waals surface area contributed by atoms with Gasteiger partial charge in [0, 0.05) is 16.7 Å². The Morgan fingerprint density at radius 3 is 3.19 bits per heavy atom. The van der Waals surface area contributed by atoms with Crippen LogP contribution >= 0.6 is 23.1 Å². The molecule has 0 fully saturated rings. The van der Waals surface area contributed by atoms with E-state index >= 15 is 0 Å². The first-order valence-electron chi connectivity index (χ1n) is 6.08. The second-order valence-electron chi connectivity index (χ2n) is 4.20. The van der Waals surface area contributed by atoms with Gasteiger partial charge >= 0.3 is 0 Å². The van der Waals surface area contributed by atoms with E-state index in [0.29, 0.717) is 6.04 Å². The fourth-order valence-electron chi connectivity index (χ4n) is 2.11. The smallest absolute Gasteiger partial charge is 0.103 e. The summed E-state index contributed by atoms with van der Waals surface area (Å²) < 4.78 is 0. The predicted octanol–water partition coefficient (Wildman–Crippen LogP) is 3.38. The number of hydrogen-bond acceptors (Lipinski definition) is 4. The van der Waals surface area contributed by atoms with Gasteiger partial charge in [-0.1, -0.05) is 6.92 Å². The van der Waals surface area contributed by atoms with E-state index in [-0.39, 0.29) is 0 Å². The molecule has 1 atom stereocenters. The second-order valence-corrected chi connectivity index (χ2v) is 6.42. The van der Waals surface area contributed by atoms with Crippen LogP contribution in [0.15, 0.2) is 0 Å². The van der Waals surface area contributed by atoms with Crippen LogP contribution in [-0.4, -0.2) is 17.8 Å². The minimum Gasteiger partial charge on any atom is -0.312 e. The number of thioether (sulfide) groups is 1. The van der Waals surface area contributed by atoms with Crippen molar-refractivity contribution in [3.05, 3.63) is 15.6 Å². The molecule has 0 amide bonds. The Labute approximate surface area is 106 Å². The van der Waals surface area contributed by atoms with Crippen LogP contribution in [0.3, 0.4) is 0 Å². The Kier molecular flexibility index (Phi) is 4.67. The molecule has 1 unspecified atom stereocenters. The lowest BCUT2D eigenvalue weighted by Gasteiger charge is -2.20. The Bertz CT molecular complexity index is 336. The van der Waals surface area contributed by atoms with Crippen LogP contribution < -0.4 is 5.32 Å². The average Bonchev–Trinajstić information content (AvgIpc) is 2.71. The molecule has 0 saturated carbocycles. The number of aromatic nitrogens is 1. The van der Waals surface area contributed by atoms with Crippen LogP contribution in [-0.2, 0) is 12.2 Å². The molecule has 0 spiro atoms. The molecule has 16 heavy (non-hydrogen) atoms. The van der Waals surface area contributed by atoms with Gasteiger partial charge in [-0.25, -0.2) is 4.98 Å². The molecule has 0 bridgehead atoms. The molecule has 1 aromatic rings. The standard InChI is InChI=1S/C12H20N2S2/c1-3-7-15-8-11-14-10-6-4-5-9(13-2)12(10)16-11/h9,13H,3-8H2,1-2H3. The molecule has 2 rings (SSSR count). The number of hydrogen-bond donors (Lipinski definition) is 1. The second kappa shape index (κ2) is 6.03. The monoisotopic (exact) mass is 256 g/mol. The van der Waals surface area contributed by atoms with Crippen molar-refractivity contribution in [1.29, 1.82) is 0 Å². The van der Waals surface area contributed by atoms with Crippen molar-refractivity contribution in [2.24, 2.45) is 0 Å². The summed E-state index contributed by atoms with van der Waals surface area (Å²) in [6.45, 7) is 2.23. The first-order valence-corrected chi connectivity index (χ1v) is 8.05. The van der Waals surface area contributed by atoms with Crippen molar-refractivity contribution in [1.82, 2.24) is 10.3 Å². The summed E-state index contributed by atoms with van der Waals surface area (Å²) in [4.78, 5) is 6.28. The van der Waals surface area contributed by atoms with E-state index in [4.69, 9.17) is 4.98 Å². The number of nitrogens with one attached hydrogen (secondary N) is 1. The third kappa shape index (κ3) is 2.79. The number of thiazole rings is 1. The molecular formula is C12H20N2S2. The summed E-state index contributed by atoms with van der Waals surface area (Å²) >= 11 is 3.93. The zero-order valence-electron chi connectivity index (χ0n) is 10.1. The number of rotatable bonds is 5. The van der Waals surface area contributed by atoms with E-state index in [1.165, 1.54) is 47.0 Å². The Balaban J connectivity index is 2.03. The van der Waals surface area contributed by atoms with E-state index < -0.39 is 0 Å². The molecule has 1 aromatic heterocycles. The Morgan fingerprint density at radius 1 is 1.56 bits per heavy atom. The fourth-order valence-corrected chi connectivity index (χ4v) is 4.32. The van der Waals surface area contributed by atoms with Gasteiger partial charge in [0.05, 0.1) is 5.69 Å². The largest absolute Gasteiger partial charge is 0.312 e. The predicted molar refractivity (Wildman–Crippen MR) is 73.3 cm³/mol. The molecule has 0 aliphatic heterocycles. The van der Waals surface area contributed by atoms with Crippen molar-refractivity contribution in [3.8, 4) is 0 Å². The van der Waals surface area contributed by atoms with E-state index in [2.05, 4.69) is 19.3 Å². The molecule has 0 radical (unpaired) electrons. The van der Waals surface area contributed by atoms with Gasteiger partial charge in [-0.3, -0.25) is 0 Å². The van der Waals surface area contributed by atoms with Gasteiger partial charge in [0.15, 0.2) is 0 Å². The maximum atomic E-state index is 4.78. The number of fused-ring (bicyclic) bond motifs is 1. The van der Waals surface area contributed by atoms with Gasteiger partial charge in [-0.05, 0) is 38.5 Å². The highest BCUT2D eigenvalue weighted by atomic mass is 32.2. The normalized spacial score (nSPS) is 19.8. The zero-order valence-corrected chi connectivity index (χ0v) is 11.7. The van der Waals surface area contributed by atoms with Crippen LogP contribution in [0.2, 0.25) is 0 Å². The molecule has 1 heterocycles. The highest BCUT2D eigenvalue weighted by molar-refractivity contribution is 7.98. The third-order valence-corrected chi connectivity index (χ3v) is 5.49. The van der Waals surface area contributed by atoms with Crippen molar-refractivity contribution in [3.63, 3.8) is 0 Å². The number of nitrogens with zero attached hydrogens (tertiary/aromatic N) is 1. The van der Waals surface area contributed by atoms with E-state index in [1.807, 2.05) is 23.1 Å². The maximum absolute atomic E-state index is 4.78. The topological polar surface area (TPSA) is 24.9 Å². The van der Waals surface area contributed by atoms with Gasteiger partial charge in [0.2, 0.25) is 0 Å². The first-order chi connectivity index (χ1) is 7.85. The molecule has 4 heteroatoms. The van der Waals surface area contributed by atoms with E-state index in [9.17, 15) is 0 Å². The van der Waals surface area contributed by atoms with Gasteiger partial charge < -0.3 is 5.32 Å². The first kappa shape index (κ1) is 12.4. The fraction of sp³-hybridized carbons (Fsp3) is 0.750. The van der Waals surface area contributed by atoms with Crippen molar-refractivity contribution in [2.45, 2.75) is 44.4 Å². The Morgan fingerprint density at radius 2 is 2.44 bits per heavy atom. The highest BCUT2D eigenvalue weighted by Crippen LogP contribution is 2.34. The van der Waals surface area contributed by atoms with Crippen molar-refractivity contribution >= 4 is 23.1 Å². The SMILES string of the molecule is CCCSCc1nc2c(s1)C(NC)CCC2. The van der Waals surface area contributed by atoms with Gasteiger partial charge in [0.1, 0.15) is 5.01 Å². The average molecular weight is 256 g/mol. The molecule has 1 N–H and O–H groups in total. The van der Waals surface area contributed by atoms with Crippen LogP contribution in [0.5, 0.6) is 0 Å². The zero-order chi connectivity index (χ0) is 11.4. The minimum atomic E-state index is 0.561. The molecule has 2 nitrogen and oxygen atoms in total. The summed E-state index contributed by atoms with van der Waals surface area (Å²) in [6.07, 6.45) is 4.99. The lowest BCUT2D eigenvalue weighted by Crippen LogP contribution is -2.19. The molecule has 0 saturated heterocycles. The maximum Gasteiger partial charge on any atom is 0.103 e. The molecule has 0 aromatic carbocycles. The van der Waals surface area contributed by atoms with Crippen LogP contribution in [0.25, 0.3) is 0 Å². The lowest BCUT2D eigenvalue weighted by molar-refractivity contribution is 0.501. The quantitative estimate of drug-likeness (QED) is 0.818. The summed E-state index contributed by atoms with van der Waals surface area (Å²) in [5.74, 6) is 2.35. The van der Waals surface area contributed by atoms with Gasteiger partial charge in [-0.15, -0.1) is 11.3 Å². The van der Waals surface area contributed by atoms with E-state index in [1.54, 1.807) is 0 Å². The number of aryl methyl sites for hydroxylation is 1. The van der Waals surface area contributed by atoms with Crippen LogP contribution in [0, 0.1) is 0 Å². The van der Waals surface area contributed by atoms with Gasteiger partial charge in [-0.2, -0.15) is 11.8 Å². The third-order valence-electron chi connectivity index (χ3n) is 2.92. The van der Waals surface area contributed by atoms with E-state index in [0.717, 1.165) is 5.75 Å². The molecular weight excluding hydrogens is 236 g/mol. The van der Waals surface area contributed by atoms with Crippen LogP contribution in [0.1, 0.15) is 47.8 Å². The molecule has 90 valence electrons. The summed E-state index contributed by atoms with van der Waals surface area (Å²) in [6, 6.07) is 0.561. The summed E-state index contributed by atoms with van der Waals surface area (Å²) in [5.41, 5.74) is 1.36. The Hall–Kier alpha value is -0.0600. The van der Waals surface area contributed by atoms with Crippen LogP contribution in [0.4, 0.5) is 0 Å². The summed E-state index contributed by atoms with van der Waals surface area (Å²) in [7, 11) is 2.06. The highest BCUT2D eigenvalue weighted by Gasteiger charge is 2.22. The molecule has 1 aliphatic carbocycles.